The Morgan fingerprint density at radius 1 is 0.842 bits per heavy atom. The molecule has 6 rings (SSSR count). The molecule has 1 aliphatic heterocycles. The predicted octanol–water partition coefficient (Wildman–Crippen LogP) is 9.31. The van der Waals surface area contributed by atoms with Crippen LogP contribution in [0.1, 0.15) is 25.3 Å². The van der Waals surface area contributed by atoms with Gasteiger partial charge in [-0.25, -0.2) is 4.39 Å². The number of ether oxygens (including phenoxy) is 2. The van der Waals surface area contributed by atoms with E-state index in [1.165, 1.54) is 30.7 Å². The number of hydrogen-bond donors (Lipinski definition) is 0. The molecule has 192 valence electrons. The summed E-state index contributed by atoms with van der Waals surface area (Å²) in [4.78, 5) is 3.42. The summed E-state index contributed by atoms with van der Waals surface area (Å²) in [6, 6.07) is 31.2. The Kier molecular flexibility index (Phi) is 7.02. The standard InChI is InChI=1S/C33H30FNO2S/c1-23-17-19-35(20-18-23)27-11-13-28(14-12-27)37-32-30-16-15-29(36-22-24-5-3-2-4-6-24)21-31(30)38-33(32)25-7-9-26(34)10-8-25/h2-16,21,23H,17-20,22H2,1H3. The molecule has 1 aliphatic rings. The number of benzene rings is 4. The van der Waals surface area contributed by atoms with Gasteiger partial charge in [-0.3, -0.25) is 0 Å². The summed E-state index contributed by atoms with van der Waals surface area (Å²) in [5, 5.41) is 1.01. The van der Waals surface area contributed by atoms with Crippen LogP contribution >= 0.6 is 11.3 Å². The predicted molar refractivity (Wildman–Crippen MR) is 155 cm³/mol. The molecule has 0 N–H and O–H groups in total. The number of nitrogens with zero attached hydrogens (tertiary/aromatic N) is 1. The Morgan fingerprint density at radius 3 is 2.29 bits per heavy atom. The van der Waals surface area contributed by atoms with Crippen molar-refractivity contribution >= 4 is 27.1 Å². The molecule has 1 fully saturated rings. The van der Waals surface area contributed by atoms with Crippen molar-refractivity contribution in [1.29, 1.82) is 0 Å². The van der Waals surface area contributed by atoms with Crippen LogP contribution in [0.3, 0.4) is 0 Å². The van der Waals surface area contributed by atoms with Gasteiger partial charge in [0.05, 0.1) is 4.88 Å². The summed E-state index contributed by atoms with van der Waals surface area (Å²) in [6.07, 6.45) is 2.47. The maximum atomic E-state index is 13.7. The second-order valence-corrected chi connectivity index (χ2v) is 11.0. The molecule has 4 aromatic carbocycles. The number of rotatable bonds is 7. The highest BCUT2D eigenvalue weighted by molar-refractivity contribution is 7.22. The molecule has 5 heteroatoms. The van der Waals surface area contributed by atoms with Crippen molar-refractivity contribution in [3.05, 3.63) is 108 Å². The van der Waals surface area contributed by atoms with E-state index >= 15 is 0 Å². The van der Waals surface area contributed by atoms with Gasteiger partial charge >= 0.3 is 0 Å². The fourth-order valence-corrected chi connectivity index (χ4v) is 6.05. The third-order valence-corrected chi connectivity index (χ3v) is 8.36. The van der Waals surface area contributed by atoms with E-state index < -0.39 is 0 Å². The lowest BCUT2D eigenvalue weighted by molar-refractivity contribution is 0.306. The summed E-state index contributed by atoms with van der Waals surface area (Å²) < 4.78 is 27.4. The molecular formula is C33H30FNO2S. The van der Waals surface area contributed by atoms with Crippen LogP contribution in [0.4, 0.5) is 10.1 Å². The van der Waals surface area contributed by atoms with E-state index in [2.05, 4.69) is 48.2 Å². The highest BCUT2D eigenvalue weighted by Crippen LogP contribution is 2.47. The Balaban J connectivity index is 1.29. The highest BCUT2D eigenvalue weighted by atomic mass is 32.1. The van der Waals surface area contributed by atoms with Crippen LogP contribution in [0.15, 0.2) is 97.1 Å². The third kappa shape index (κ3) is 5.39. The first-order valence-electron chi connectivity index (χ1n) is 13.1. The van der Waals surface area contributed by atoms with Crippen molar-refractivity contribution in [3.8, 4) is 27.7 Å². The first-order valence-corrected chi connectivity index (χ1v) is 14.0. The number of anilines is 1. The summed E-state index contributed by atoms with van der Waals surface area (Å²) in [6.45, 7) is 5.03. The Morgan fingerprint density at radius 2 is 1.55 bits per heavy atom. The molecule has 0 unspecified atom stereocenters. The summed E-state index contributed by atoms with van der Waals surface area (Å²) in [5.74, 6) is 2.92. The molecule has 0 atom stereocenters. The lowest BCUT2D eigenvalue weighted by atomic mass is 9.99. The maximum Gasteiger partial charge on any atom is 0.153 e. The average molecular weight is 524 g/mol. The molecule has 0 amide bonds. The normalized spacial score (nSPS) is 14.1. The summed E-state index contributed by atoms with van der Waals surface area (Å²) >= 11 is 1.63. The Hall–Kier alpha value is -3.83. The van der Waals surface area contributed by atoms with E-state index in [0.717, 1.165) is 62.3 Å². The molecule has 0 bridgehead atoms. The van der Waals surface area contributed by atoms with Gasteiger partial charge in [-0.15, -0.1) is 11.3 Å². The zero-order chi connectivity index (χ0) is 25.9. The van der Waals surface area contributed by atoms with Gasteiger partial charge in [0.25, 0.3) is 0 Å². The molecule has 0 saturated carbocycles. The fourth-order valence-electron chi connectivity index (χ4n) is 4.89. The molecule has 3 nitrogen and oxygen atoms in total. The number of thiophene rings is 1. The van der Waals surface area contributed by atoms with Crippen LogP contribution in [0, 0.1) is 11.7 Å². The van der Waals surface area contributed by atoms with E-state index in [1.807, 2.05) is 36.4 Å². The van der Waals surface area contributed by atoms with Crippen LogP contribution in [0.2, 0.25) is 0 Å². The SMILES string of the molecule is CC1CCN(c2ccc(Oc3c(-c4ccc(F)cc4)sc4cc(OCc5ccccc5)ccc34)cc2)CC1. The summed E-state index contributed by atoms with van der Waals surface area (Å²) in [5.41, 5.74) is 3.28. The van der Waals surface area contributed by atoms with Crippen molar-refractivity contribution in [2.24, 2.45) is 5.92 Å². The first-order chi connectivity index (χ1) is 18.6. The van der Waals surface area contributed by atoms with Crippen LogP contribution < -0.4 is 14.4 Å². The fraction of sp³-hybridized carbons (Fsp3) is 0.212. The highest BCUT2D eigenvalue weighted by Gasteiger charge is 2.19. The number of fused-ring (bicyclic) bond motifs is 1. The van der Waals surface area contributed by atoms with Gasteiger partial charge in [0.1, 0.15) is 23.9 Å². The molecule has 0 radical (unpaired) electrons. The lowest BCUT2D eigenvalue weighted by Gasteiger charge is -2.32. The second-order valence-electron chi connectivity index (χ2n) is 9.96. The molecule has 2 heterocycles. The minimum atomic E-state index is -0.253. The molecule has 0 spiro atoms. The van der Waals surface area contributed by atoms with Gasteiger partial charge in [0.15, 0.2) is 5.75 Å². The number of halogens is 1. The van der Waals surface area contributed by atoms with Crippen LogP contribution in [-0.2, 0) is 6.61 Å². The first kappa shape index (κ1) is 24.5. The lowest BCUT2D eigenvalue weighted by Crippen LogP contribution is -2.32. The largest absolute Gasteiger partial charge is 0.489 e. The molecular weight excluding hydrogens is 493 g/mol. The van der Waals surface area contributed by atoms with Crippen molar-refractivity contribution in [2.75, 3.05) is 18.0 Å². The van der Waals surface area contributed by atoms with E-state index in [-0.39, 0.29) is 5.82 Å². The van der Waals surface area contributed by atoms with Gasteiger partial charge in [-0.05, 0) is 84.5 Å². The molecule has 1 saturated heterocycles. The minimum Gasteiger partial charge on any atom is -0.489 e. The zero-order valence-electron chi connectivity index (χ0n) is 21.4. The van der Waals surface area contributed by atoms with Crippen molar-refractivity contribution < 1.29 is 13.9 Å². The molecule has 38 heavy (non-hydrogen) atoms. The van der Waals surface area contributed by atoms with E-state index in [4.69, 9.17) is 9.47 Å². The maximum absolute atomic E-state index is 13.7. The smallest absolute Gasteiger partial charge is 0.153 e. The van der Waals surface area contributed by atoms with Gasteiger partial charge in [0, 0.05) is 28.9 Å². The average Bonchev–Trinajstić information content (AvgIpc) is 3.31. The van der Waals surface area contributed by atoms with Crippen LogP contribution in [0.5, 0.6) is 17.2 Å². The molecule has 1 aromatic heterocycles. The topological polar surface area (TPSA) is 21.7 Å². The Labute approximate surface area is 227 Å². The monoisotopic (exact) mass is 523 g/mol. The van der Waals surface area contributed by atoms with Gasteiger partial charge in [-0.1, -0.05) is 49.4 Å². The zero-order valence-corrected chi connectivity index (χ0v) is 22.2. The number of hydrogen-bond acceptors (Lipinski definition) is 4. The Bertz CT molecular complexity index is 1510. The van der Waals surface area contributed by atoms with Crippen molar-refractivity contribution in [1.82, 2.24) is 0 Å². The van der Waals surface area contributed by atoms with Gasteiger partial charge in [-0.2, -0.15) is 0 Å². The van der Waals surface area contributed by atoms with Crippen LogP contribution in [0.25, 0.3) is 20.5 Å². The molecule has 5 aromatic rings. The van der Waals surface area contributed by atoms with Crippen molar-refractivity contribution in [3.63, 3.8) is 0 Å². The van der Waals surface area contributed by atoms with Gasteiger partial charge in [0.2, 0.25) is 0 Å². The molecule has 0 aliphatic carbocycles. The van der Waals surface area contributed by atoms with E-state index in [1.54, 1.807) is 23.5 Å². The quantitative estimate of drug-likeness (QED) is 0.212. The van der Waals surface area contributed by atoms with Crippen LogP contribution in [-0.4, -0.2) is 13.1 Å². The van der Waals surface area contributed by atoms with Crippen molar-refractivity contribution in [2.45, 2.75) is 26.4 Å². The summed E-state index contributed by atoms with van der Waals surface area (Å²) in [7, 11) is 0. The third-order valence-electron chi connectivity index (χ3n) is 7.18. The second kappa shape index (κ2) is 10.9. The minimum absolute atomic E-state index is 0.253. The van der Waals surface area contributed by atoms with Gasteiger partial charge < -0.3 is 14.4 Å². The van der Waals surface area contributed by atoms with E-state index in [9.17, 15) is 4.39 Å². The number of piperidine rings is 1. The van der Waals surface area contributed by atoms with E-state index in [0.29, 0.717) is 6.61 Å².